The van der Waals surface area contributed by atoms with Gasteiger partial charge in [-0.15, -0.1) is 10.2 Å². The molecule has 0 unspecified atom stereocenters. The van der Waals surface area contributed by atoms with E-state index >= 15 is 0 Å². The van der Waals surface area contributed by atoms with Gasteiger partial charge in [0.15, 0.2) is 4.34 Å². The number of methoxy groups -OCH3 is 1. The minimum absolute atomic E-state index is 0.0534. The highest BCUT2D eigenvalue weighted by Crippen LogP contribution is 2.34. The van der Waals surface area contributed by atoms with Gasteiger partial charge in [0.25, 0.3) is 5.69 Å². The van der Waals surface area contributed by atoms with Gasteiger partial charge < -0.3 is 14.4 Å². The molecule has 1 saturated heterocycles. The van der Waals surface area contributed by atoms with Gasteiger partial charge in [-0.25, -0.2) is 0 Å². The minimum atomic E-state index is -0.408. The third kappa shape index (κ3) is 3.94. The SMILES string of the molecule is COc1ccc([N+](=O)[O-])cc1CSc1nnc(N2CCOCC2)s1. The number of nitro benzene ring substituents is 1. The molecule has 1 aliphatic heterocycles. The summed E-state index contributed by atoms with van der Waals surface area (Å²) in [6, 6.07) is 4.59. The third-order valence-electron chi connectivity index (χ3n) is 3.50. The van der Waals surface area contributed by atoms with E-state index in [1.807, 2.05) is 0 Å². The van der Waals surface area contributed by atoms with Gasteiger partial charge in [0.2, 0.25) is 5.13 Å². The summed E-state index contributed by atoms with van der Waals surface area (Å²) in [7, 11) is 1.55. The maximum Gasteiger partial charge on any atom is 0.270 e. The van der Waals surface area contributed by atoms with E-state index in [4.69, 9.17) is 9.47 Å². The Kier molecular flexibility index (Phi) is 5.48. The molecular formula is C14H16N4O4S2. The van der Waals surface area contributed by atoms with E-state index in [2.05, 4.69) is 15.1 Å². The molecule has 1 aromatic heterocycles. The van der Waals surface area contributed by atoms with E-state index in [9.17, 15) is 10.1 Å². The van der Waals surface area contributed by atoms with Crippen molar-refractivity contribution >= 4 is 33.9 Å². The van der Waals surface area contributed by atoms with E-state index in [0.717, 1.165) is 28.1 Å². The largest absolute Gasteiger partial charge is 0.496 e. The zero-order chi connectivity index (χ0) is 16.9. The Bertz CT molecular complexity index is 719. The molecule has 1 fully saturated rings. The van der Waals surface area contributed by atoms with Gasteiger partial charge in [0.1, 0.15) is 5.75 Å². The van der Waals surface area contributed by atoms with Crippen LogP contribution in [0.25, 0.3) is 0 Å². The fourth-order valence-corrected chi connectivity index (χ4v) is 4.14. The Morgan fingerprint density at radius 2 is 2.21 bits per heavy atom. The van der Waals surface area contributed by atoms with Crippen molar-refractivity contribution in [2.75, 3.05) is 38.3 Å². The molecule has 8 nitrogen and oxygen atoms in total. The monoisotopic (exact) mass is 368 g/mol. The summed E-state index contributed by atoms with van der Waals surface area (Å²) in [6.45, 7) is 3.04. The number of anilines is 1. The van der Waals surface area contributed by atoms with E-state index in [-0.39, 0.29) is 5.69 Å². The fraction of sp³-hybridized carbons (Fsp3) is 0.429. The second-order valence-corrected chi connectivity index (χ2v) is 7.17. The second kappa shape index (κ2) is 7.77. The average Bonchev–Trinajstić information content (AvgIpc) is 3.09. The normalized spacial score (nSPS) is 14.6. The van der Waals surface area contributed by atoms with Crippen molar-refractivity contribution in [1.82, 2.24) is 10.2 Å². The Hall–Kier alpha value is -1.91. The number of nitro groups is 1. The van der Waals surface area contributed by atoms with Crippen LogP contribution in [0.1, 0.15) is 5.56 Å². The van der Waals surface area contributed by atoms with Gasteiger partial charge in [0.05, 0.1) is 25.2 Å². The van der Waals surface area contributed by atoms with Gasteiger partial charge in [0, 0.05) is 36.5 Å². The molecule has 1 aliphatic rings. The summed E-state index contributed by atoms with van der Waals surface area (Å²) in [5.74, 6) is 1.16. The summed E-state index contributed by atoms with van der Waals surface area (Å²) in [6.07, 6.45) is 0. The molecule has 0 aliphatic carbocycles. The third-order valence-corrected chi connectivity index (χ3v) is 5.67. The number of hydrogen-bond donors (Lipinski definition) is 0. The van der Waals surface area contributed by atoms with Crippen LogP contribution in [-0.4, -0.2) is 48.5 Å². The molecule has 0 amide bonds. The maximum atomic E-state index is 10.9. The molecule has 0 spiro atoms. The minimum Gasteiger partial charge on any atom is -0.496 e. The number of benzene rings is 1. The summed E-state index contributed by atoms with van der Waals surface area (Å²) < 4.78 is 11.4. The number of ether oxygens (including phenoxy) is 2. The highest BCUT2D eigenvalue weighted by Gasteiger charge is 2.17. The molecule has 1 aromatic carbocycles. The van der Waals surface area contributed by atoms with Crippen LogP contribution in [0.15, 0.2) is 22.5 Å². The predicted octanol–water partition coefficient (Wildman–Crippen LogP) is 2.58. The Labute approximate surface area is 146 Å². The lowest BCUT2D eigenvalue weighted by Crippen LogP contribution is -2.36. The zero-order valence-corrected chi connectivity index (χ0v) is 14.6. The number of morpholine rings is 1. The van der Waals surface area contributed by atoms with Crippen LogP contribution in [0.4, 0.5) is 10.8 Å². The molecule has 0 N–H and O–H groups in total. The van der Waals surface area contributed by atoms with Crippen LogP contribution < -0.4 is 9.64 Å². The van der Waals surface area contributed by atoms with Crippen LogP contribution in [0, 0.1) is 10.1 Å². The van der Waals surface area contributed by atoms with Gasteiger partial charge >= 0.3 is 0 Å². The van der Waals surface area contributed by atoms with Gasteiger partial charge in [-0.3, -0.25) is 10.1 Å². The number of rotatable bonds is 6. The summed E-state index contributed by atoms with van der Waals surface area (Å²) >= 11 is 3.01. The second-order valence-electron chi connectivity index (χ2n) is 4.99. The molecule has 24 heavy (non-hydrogen) atoms. The lowest BCUT2D eigenvalue weighted by atomic mass is 10.2. The van der Waals surface area contributed by atoms with Crippen LogP contribution >= 0.6 is 23.1 Å². The lowest BCUT2D eigenvalue weighted by Gasteiger charge is -2.25. The Balaban J connectivity index is 1.68. The molecule has 3 rings (SSSR count). The molecule has 0 bridgehead atoms. The first kappa shape index (κ1) is 16.9. The van der Waals surface area contributed by atoms with Crippen molar-refractivity contribution < 1.29 is 14.4 Å². The van der Waals surface area contributed by atoms with Crippen molar-refractivity contribution in [3.63, 3.8) is 0 Å². The van der Waals surface area contributed by atoms with Crippen LogP contribution in [0.2, 0.25) is 0 Å². The lowest BCUT2D eigenvalue weighted by molar-refractivity contribution is -0.384. The van der Waals surface area contributed by atoms with E-state index < -0.39 is 4.92 Å². The summed E-state index contributed by atoms with van der Waals surface area (Å²) in [4.78, 5) is 12.7. The Morgan fingerprint density at radius 1 is 1.42 bits per heavy atom. The number of non-ortho nitro benzene ring substituents is 1. The van der Waals surface area contributed by atoms with Crippen molar-refractivity contribution in [1.29, 1.82) is 0 Å². The van der Waals surface area contributed by atoms with Crippen molar-refractivity contribution in [2.24, 2.45) is 0 Å². The first-order chi connectivity index (χ1) is 11.7. The average molecular weight is 368 g/mol. The number of aromatic nitrogens is 2. The van der Waals surface area contributed by atoms with Gasteiger partial charge in [-0.2, -0.15) is 0 Å². The zero-order valence-electron chi connectivity index (χ0n) is 13.0. The molecule has 0 saturated carbocycles. The molecule has 10 heteroatoms. The van der Waals surface area contributed by atoms with E-state index in [0.29, 0.717) is 24.7 Å². The molecular weight excluding hydrogens is 352 g/mol. The molecule has 128 valence electrons. The highest BCUT2D eigenvalue weighted by molar-refractivity contribution is 8.00. The number of thioether (sulfide) groups is 1. The van der Waals surface area contributed by atoms with Crippen LogP contribution in [-0.2, 0) is 10.5 Å². The van der Waals surface area contributed by atoms with Crippen molar-refractivity contribution in [2.45, 2.75) is 10.1 Å². The molecule has 0 radical (unpaired) electrons. The van der Waals surface area contributed by atoms with Crippen LogP contribution in [0.3, 0.4) is 0 Å². The first-order valence-corrected chi connectivity index (χ1v) is 9.08. The molecule has 2 aromatic rings. The molecule has 2 heterocycles. The van der Waals surface area contributed by atoms with Crippen molar-refractivity contribution in [3.8, 4) is 5.75 Å². The maximum absolute atomic E-state index is 10.9. The first-order valence-electron chi connectivity index (χ1n) is 7.27. The quantitative estimate of drug-likeness (QED) is 0.436. The topological polar surface area (TPSA) is 90.6 Å². The van der Waals surface area contributed by atoms with E-state index in [1.165, 1.54) is 35.2 Å². The number of nitrogens with zero attached hydrogens (tertiary/aromatic N) is 4. The summed E-state index contributed by atoms with van der Waals surface area (Å²) in [5.41, 5.74) is 0.817. The van der Waals surface area contributed by atoms with Crippen LogP contribution in [0.5, 0.6) is 5.75 Å². The summed E-state index contributed by atoms with van der Waals surface area (Å²) in [5, 5.41) is 20.2. The molecule has 0 atom stereocenters. The van der Waals surface area contributed by atoms with Gasteiger partial charge in [-0.05, 0) is 6.07 Å². The predicted molar refractivity (Wildman–Crippen MR) is 92.2 cm³/mol. The van der Waals surface area contributed by atoms with Gasteiger partial charge in [-0.1, -0.05) is 23.1 Å². The van der Waals surface area contributed by atoms with E-state index in [1.54, 1.807) is 13.2 Å². The highest BCUT2D eigenvalue weighted by atomic mass is 32.2. The standard InChI is InChI=1S/C14H16N4O4S2/c1-21-12-3-2-11(18(19)20)8-10(12)9-23-14-16-15-13(24-14)17-4-6-22-7-5-17/h2-3,8H,4-7,9H2,1H3. The fourth-order valence-electron chi connectivity index (χ4n) is 2.27. The Morgan fingerprint density at radius 3 is 2.92 bits per heavy atom. The van der Waals surface area contributed by atoms with Crippen molar-refractivity contribution in [3.05, 3.63) is 33.9 Å². The number of hydrogen-bond acceptors (Lipinski definition) is 9. The smallest absolute Gasteiger partial charge is 0.270 e.